The molecule has 0 aliphatic carbocycles. The number of nitrogens with one attached hydrogen (secondary N) is 1. The van der Waals surface area contributed by atoms with Crippen LogP contribution in [0.5, 0.6) is 0 Å². The van der Waals surface area contributed by atoms with E-state index in [1.165, 1.54) is 16.9 Å². The van der Waals surface area contributed by atoms with Gasteiger partial charge >= 0.3 is 5.97 Å². The van der Waals surface area contributed by atoms with E-state index in [0.29, 0.717) is 23.0 Å². The summed E-state index contributed by atoms with van der Waals surface area (Å²) in [5.74, 6) is -0.704. The van der Waals surface area contributed by atoms with Gasteiger partial charge in [0.05, 0.1) is 11.8 Å². The molecule has 3 rings (SSSR count). The van der Waals surface area contributed by atoms with Crippen molar-refractivity contribution >= 4 is 17.6 Å². The van der Waals surface area contributed by atoms with Crippen LogP contribution >= 0.6 is 0 Å². The van der Waals surface area contributed by atoms with E-state index in [1.807, 2.05) is 0 Å². The topological polar surface area (TPSA) is 136 Å². The summed E-state index contributed by atoms with van der Waals surface area (Å²) in [6, 6.07) is 3.13. The fourth-order valence-corrected chi connectivity index (χ4v) is 2.43. The lowest BCUT2D eigenvalue weighted by atomic mass is 10.0. The number of hydrogen-bond donors (Lipinski definition) is 2. The lowest BCUT2D eigenvalue weighted by molar-refractivity contribution is 0.0695. The molecule has 1 amide bonds. The highest BCUT2D eigenvalue weighted by Crippen LogP contribution is 2.21. The van der Waals surface area contributed by atoms with Crippen molar-refractivity contribution in [2.45, 2.75) is 27.3 Å². The molecule has 0 unspecified atom stereocenters. The summed E-state index contributed by atoms with van der Waals surface area (Å²) in [5, 5.41) is 23.3. The van der Waals surface area contributed by atoms with Crippen LogP contribution in [0.3, 0.4) is 0 Å². The van der Waals surface area contributed by atoms with E-state index < -0.39 is 11.9 Å². The van der Waals surface area contributed by atoms with E-state index in [-0.39, 0.29) is 17.8 Å². The lowest BCUT2D eigenvalue weighted by Crippen LogP contribution is -2.14. The van der Waals surface area contributed by atoms with Crippen LogP contribution in [0.4, 0.5) is 5.69 Å². The van der Waals surface area contributed by atoms with Crippen molar-refractivity contribution in [1.82, 2.24) is 25.1 Å². The van der Waals surface area contributed by atoms with Crippen LogP contribution in [0.25, 0.3) is 0 Å². The molecule has 10 nitrogen and oxygen atoms in total. The zero-order valence-corrected chi connectivity index (χ0v) is 14.3. The SMILES string of the molecule is Cc1nc(Cn2cc(C(=O)Nc3cc(C(=O)O)c(C)cc3C)nn2)no1. The van der Waals surface area contributed by atoms with Crippen molar-refractivity contribution in [3.63, 3.8) is 0 Å². The van der Waals surface area contributed by atoms with Gasteiger partial charge in [0.25, 0.3) is 5.91 Å². The number of carboxylic acid groups (broad SMARTS) is 1. The Balaban J connectivity index is 1.76. The van der Waals surface area contributed by atoms with Crippen LogP contribution in [0, 0.1) is 20.8 Å². The molecular formula is C16H16N6O4. The Morgan fingerprint density at radius 1 is 1.23 bits per heavy atom. The second kappa shape index (κ2) is 6.75. The number of carbonyl (C=O) groups excluding carboxylic acids is 1. The molecule has 0 aliphatic rings. The predicted molar refractivity (Wildman–Crippen MR) is 89.0 cm³/mol. The third-order valence-electron chi connectivity index (χ3n) is 3.69. The number of aromatic carboxylic acids is 1. The van der Waals surface area contributed by atoms with Crippen molar-refractivity contribution in [3.05, 3.63) is 52.4 Å². The molecule has 0 spiro atoms. The number of aryl methyl sites for hydroxylation is 3. The Bertz CT molecular complexity index is 991. The van der Waals surface area contributed by atoms with Crippen molar-refractivity contribution in [3.8, 4) is 0 Å². The Morgan fingerprint density at radius 3 is 2.65 bits per heavy atom. The average molecular weight is 356 g/mol. The molecule has 1 aromatic carbocycles. The van der Waals surface area contributed by atoms with Gasteiger partial charge in [-0.1, -0.05) is 16.4 Å². The number of benzene rings is 1. The van der Waals surface area contributed by atoms with Gasteiger partial charge in [-0.15, -0.1) is 5.10 Å². The third-order valence-corrected chi connectivity index (χ3v) is 3.69. The summed E-state index contributed by atoms with van der Waals surface area (Å²) >= 11 is 0. The quantitative estimate of drug-likeness (QED) is 0.703. The van der Waals surface area contributed by atoms with Crippen LogP contribution in [0.15, 0.2) is 22.9 Å². The minimum Gasteiger partial charge on any atom is -0.478 e. The molecule has 2 N–H and O–H groups in total. The number of rotatable bonds is 5. The van der Waals surface area contributed by atoms with Crippen LogP contribution in [0.2, 0.25) is 0 Å². The van der Waals surface area contributed by atoms with Gasteiger partial charge in [-0.05, 0) is 31.0 Å². The number of aromatic nitrogens is 5. The van der Waals surface area contributed by atoms with Gasteiger partial charge in [0.1, 0.15) is 6.54 Å². The maximum Gasteiger partial charge on any atom is 0.336 e. The zero-order valence-electron chi connectivity index (χ0n) is 14.3. The summed E-state index contributed by atoms with van der Waals surface area (Å²) in [4.78, 5) is 27.7. The van der Waals surface area contributed by atoms with Gasteiger partial charge in [0, 0.05) is 12.6 Å². The predicted octanol–water partition coefficient (Wildman–Crippen LogP) is 1.59. The fraction of sp³-hybridized carbons (Fsp3) is 0.250. The Morgan fingerprint density at radius 2 is 2.00 bits per heavy atom. The molecule has 0 bridgehead atoms. The summed E-state index contributed by atoms with van der Waals surface area (Å²) in [7, 11) is 0. The summed E-state index contributed by atoms with van der Waals surface area (Å²) in [6.07, 6.45) is 1.45. The van der Waals surface area contributed by atoms with Crippen molar-refractivity contribution in [2.24, 2.45) is 0 Å². The number of hydrogen-bond acceptors (Lipinski definition) is 7. The van der Waals surface area contributed by atoms with E-state index in [1.54, 1.807) is 26.8 Å². The van der Waals surface area contributed by atoms with Crippen LogP contribution in [-0.4, -0.2) is 42.1 Å². The highest BCUT2D eigenvalue weighted by Gasteiger charge is 2.16. The molecule has 10 heteroatoms. The van der Waals surface area contributed by atoms with Crippen LogP contribution < -0.4 is 5.32 Å². The maximum absolute atomic E-state index is 12.4. The van der Waals surface area contributed by atoms with Crippen molar-refractivity contribution < 1.29 is 19.2 Å². The largest absolute Gasteiger partial charge is 0.478 e. The fourth-order valence-electron chi connectivity index (χ4n) is 2.43. The summed E-state index contributed by atoms with van der Waals surface area (Å²) < 4.78 is 6.28. The summed E-state index contributed by atoms with van der Waals surface area (Å²) in [5.41, 5.74) is 1.98. The number of carboxylic acids is 1. The van der Waals surface area contributed by atoms with E-state index >= 15 is 0 Å². The first kappa shape index (κ1) is 17.3. The Kier molecular flexibility index (Phi) is 4.48. The van der Waals surface area contributed by atoms with Gasteiger partial charge in [-0.3, -0.25) is 4.79 Å². The molecule has 26 heavy (non-hydrogen) atoms. The van der Waals surface area contributed by atoms with Crippen molar-refractivity contribution in [2.75, 3.05) is 5.32 Å². The maximum atomic E-state index is 12.4. The highest BCUT2D eigenvalue weighted by atomic mass is 16.5. The average Bonchev–Trinajstić information content (AvgIpc) is 3.19. The van der Waals surface area contributed by atoms with Crippen molar-refractivity contribution in [1.29, 1.82) is 0 Å². The molecule has 134 valence electrons. The second-order valence-corrected chi connectivity index (χ2v) is 5.77. The molecule has 2 aromatic heterocycles. The first-order chi connectivity index (χ1) is 12.3. The second-order valence-electron chi connectivity index (χ2n) is 5.77. The molecule has 0 fully saturated rings. The van der Waals surface area contributed by atoms with E-state index in [0.717, 1.165) is 5.56 Å². The highest BCUT2D eigenvalue weighted by molar-refractivity contribution is 6.04. The van der Waals surface area contributed by atoms with E-state index in [4.69, 9.17) is 4.52 Å². The number of anilines is 1. The monoisotopic (exact) mass is 356 g/mol. The van der Waals surface area contributed by atoms with Crippen LogP contribution in [0.1, 0.15) is 43.7 Å². The van der Waals surface area contributed by atoms with Gasteiger partial charge < -0.3 is 14.9 Å². The molecule has 0 atom stereocenters. The number of amides is 1. The van der Waals surface area contributed by atoms with Gasteiger partial charge in [0.2, 0.25) is 5.89 Å². The first-order valence-electron chi connectivity index (χ1n) is 7.68. The van der Waals surface area contributed by atoms with Gasteiger partial charge in [-0.25, -0.2) is 9.48 Å². The number of carbonyl (C=O) groups is 2. The molecule has 2 heterocycles. The lowest BCUT2D eigenvalue weighted by Gasteiger charge is -2.10. The molecular weight excluding hydrogens is 340 g/mol. The summed E-state index contributed by atoms with van der Waals surface area (Å²) in [6.45, 7) is 5.37. The molecule has 3 aromatic rings. The normalized spacial score (nSPS) is 10.7. The molecule has 0 radical (unpaired) electrons. The van der Waals surface area contributed by atoms with E-state index in [2.05, 4.69) is 25.8 Å². The zero-order chi connectivity index (χ0) is 18.8. The Labute approximate surface area is 147 Å². The molecule has 0 aliphatic heterocycles. The first-order valence-corrected chi connectivity index (χ1v) is 7.68. The Hall–Kier alpha value is -3.56. The van der Waals surface area contributed by atoms with Gasteiger partial charge in [-0.2, -0.15) is 4.98 Å². The molecule has 0 saturated carbocycles. The van der Waals surface area contributed by atoms with Crippen LogP contribution in [-0.2, 0) is 6.54 Å². The number of nitrogens with zero attached hydrogens (tertiary/aromatic N) is 5. The third kappa shape index (κ3) is 3.58. The standard InChI is InChI=1S/C16H16N6O4/c1-8-4-9(2)12(5-11(8)16(24)25)18-15(23)13-6-22(21-19-13)7-14-17-10(3)26-20-14/h4-6H,7H2,1-3H3,(H,18,23)(H,24,25). The minimum atomic E-state index is -1.06. The van der Waals surface area contributed by atoms with Gasteiger partial charge in [0.15, 0.2) is 11.5 Å². The minimum absolute atomic E-state index is 0.0852. The van der Waals surface area contributed by atoms with E-state index in [9.17, 15) is 14.7 Å². The smallest absolute Gasteiger partial charge is 0.336 e. The molecule has 0 saturated heterocycles.